The van der Waals surface area contributed by atoms with Gasteiger partial charge in [0.25, 0.3) is 0 Å². The van der Waals surface area contributed by atoms with Gasteiger partial charge in [0.15, 0.2) is 11.6 Å². The maximum atomic E-state index is 15.2. The number of allylic oxidation sites excluding steroid dienone is 2. The highest BCUT2D eigenvalue weighted by Crippen LogP contribution is 2.65. The Bertz CT molecular complexity index is 2030. The van der Waals surface area contributed by atoms with Crippen molar-refractivity contribution in [1.82, 2.24) is 4.90 Å². The predicted octanol–water partition coefficient (Wildman–Crippen LogP) is 6.55. The number of amides is 4. The van der Waals surface area contributed by atoms with Crippen molar-refractivity contribution in [3.05, 3.63) is 142 Å². The first-order chi connectivity index (χ1) is 23.2. The lowest BCUT2D eigenvalue weighted by molar-refractivity contribution is -0.141. The van der Waals surface area contributed by atoms with Crippen LogP contribution in [0.4, 0.5) is 10.1 Å². The monoisotopic (exact) mass is 660 g/mol. The third kappa shape index (κ3) is 4.25. The molecule has 4 aromatic rings. The second kappa shape index (κ2) is 11.3. The molecule has 0 bridgehead atoms. The summed E-state index contributed by atoms with van der Waals surface area (Å²) in [5.41, 5.74) is 0.831. The number of hydrogen-bond donors (Lipinski definition) is 1. The third-order valence-corrected chi connectivity index (χ3v) is 11.0. The molecule has 4 aliphatic rings. The molecule has 0 radical (unpaired) electrons. The van der Waals surface area contributed by atoms with Gasteiger partial charge in [0.1, 0.15) is 0 Å². The fourth-order valence-electron chi connectivity index (χ4n) is 8.84. The van der Waals surface area contributed by atoms with Gasteiger partial charge in [-0.1, -0.05) is 102 Å². The number of phenols is 1. The molecule has 7 nitrogen and oxygen atoms in total. The number of nitrogens with zero attached hydrogens (tertiary/aromatic N) is 2. The molecule has 2 saturated heterocycles. The molecule has 1 saturated carbocycles. The molecule has 2 aliphatic carbocycles. The molecule has 0 spiro atoms. The van der Waals surface area contributed by atoms with Crippen molar-refractivity contribution in [3.63, 3.8) is 0 Å². The van der Waals surface area contributed by atoms with Crippen molar-refractivity contribution >= 4 is 40.9 Å². The molecule has 2 aliphatic heterocycles. The fourth-order valence-corrected chi connectivity index (χ4v) is 9.02. The minimum absolute atomic E-state index is 0.105. The quantitative estimate of drug-likeness (QED) is 0.194. The van der Waals surface area contributed by atoms with E-state index in [1.165, 1.54) is 11.0 Å². The SMILES string of the molecule is O=C1C2CC=C3C(CC4C(=O)N(c5cccc(Cl)c5)C(=O)C4(c4ccccc4)C3c3cccc(F)c3O)C2C(=O)N1Cc1ccccc1. The van der Waals surface area contributed by atoms with Crippen LogP contribution in [0.2, 0.25) is 5.02 Å². The van der Waals surface area contributed by atoms with Crippen molar-refractivity contribution in [2.75, 3.05) is 4.90 Å². The molecular weight excluding hydrogens is 631 g/mol. The molecule has 2 heterocycles. The van der Waals surface area contributed by atoms with Crippen LogP contribution < -0.4 is 4.90 Å². The third-order valence-electron chi connectivity index (χ3n) is 10.8. The molecule has 6 atom stereocenters. The molecule has 1 N–H and O–H groups in total. The number of halogens is 2. The van der Waals surface area contributed by atoms with Crippen LogP contribution in [-0.2, 0) is 31.1 Å². The van der Waals surface area contributed by atoms with E-state index in [2.05, 4.69) is 0 Å². The van der Waals surface area contributed by atoms with Crippen molar-refractivity contribution in [2.45, 2.75) is 30.7 Å². The first-order valence-corrected chi connectivity index (χ1v) is 16.4. The summed E-state index contributed by atoms with van der Waals surface area (Å²) in [6.45, 7) is 0.124. The van der Waals surface area contributed by atoms with Gasteiger partial charge >= 0.3 is 0 Å². The highest BCUT2D eigenvalue weighted by molar-refractivity contribution is 6.32. The molecule has 8 rings (SSSR count). The number of benzene rings is 4. The summed E-state index contributed by atoms with van der Waals surface area (Å²) >= 11 is 6.34. The molecule has 240 valence electrons. The van der Waals surface area contributed by atoms with Gasteiger partial charge in [-0.25, -0.2) is 9.29 Å². The van der Waals surface area contributed by atoms with Crippen molar-refractivity contribution in [2.24, 2.45) is 23.7 Å². The summed E-state index contributed by atoms with van der Waals surface area (Å²) in [5.74, 6) is -7.18. The zero-order valence-electron chi connectivity index (χ0n) is 25.6. The Hall–Kier alpha value is -5.08. The van der Waals surface area contributed by atoms with E-state index < -0.39 is 58.4 Å². The summed E-state index contributed by atoms with van der Waals surface area (Å²) < 4.78 is 15.2. The van der Waals surface area contributed by atoms with Crippen LogP contribution in [0.5, 0.6) is 5.75 Å². The Morgan fingerprint density at radius 3 is 2.25 bits per heavy atom. The van der Waals surface area contributed by atoms with E-state index in [1.54, 1.807) is 60.7 Å². The second-order valence-electron chi connectivity index (χ2n) is 13.0. The number of fused-ring (bicyclic) bond motifs is 4. The van der Waals surface area contributed by atoms with Crippen LogP contribution in [0, 0.1) is 29.5 Å². The van der Waals surface area contributed by atoms with Gasteiger partial charge in [0.2, 0.25) is 23.6 Å². The Morgan fingerprint density at radius 2 is 1.52 bits per heavy atom. The molecule has 3 fully saturated rings. The topological polar surface area (TPSA) is 95.0 Å². The Kier molecular flexibility index (Phi) is 7.11. The van der Waals surface area contributed by atoms with Crippen LogP contribution >= 0.6 is 11.6 Å². The lowest BCUT2D eigenvalue weighted by Gasteiger charge is -2.50. The first-order valence-electron chi connectivity index (χ1n) is 16.0. The van der Waals surface area contributed by atoms with E-state index in [0.29, 0.717) is 21.8 Å². The molecule has 6 unspecified atom stereocenters. The van der Waals surface area contributed by atoms with E-state index in [0.717, 1.165) is 16.5 Å². The summed E-state index contributed by atoms with van der Waals surface area (Å²) in [7, 11) is 0. The van der Waals surface area contributed by atoms with E-state index in [1.807, 2.05) is 36.4 Å². The van der Waals surface area contributed by atoms with E-state index >= 15 is 9.18 Å². The van der Waals surface area contributed by atoms with E-state index in [9.17, 15) is 19.5 Å². The van der Waals surface area contributed by atoms with Gasteiger partial charge in [-0.15, -0.1) is 0 Å². The second-order valence-corrected chi connectivity index (χ2v) is 13.5. The van der Waals surface area contributed by atoms with Crippen LogP contribution in [0.3, 0.4) is 0 Å². The van der Waals surface area contributed by atoms with Gasteiger partial charge in [-0.05, 0) is 54.2 Å². The number of hydrogen-bond acceptors (Lipinski definition) is 5. The summed E-state index contributed by atoms with van der Waals surface area (Å²) in [6, 6.07) is 28.9. The highest BCUT2D eigenvalue weighted by atomic mass is 35.5. The van der Waals surface area contributed by atoms with Crippen LogP contribution in [0.25, 0.3) is 0 Å². The van der Waals surface area contributed by atoms with Gasteiger partial charge in [-0.3, -0.25) is 24.1 Å². The predicted molar refractivity (Wildman–Crippen MR) is 176 cm³/mol. The number of aromatic hydroxyl groups is 1. The molecule has 4 amide bonds. The average molecular weight is 661 g/mol. The Labute approximate surface area is 281 Å². The van der Waals surface area contributed by atoms with Crippen LogP contribution in [-0.4, -0.2) is 33.6 Å². The zero-order valence-corrected chi connectivity index (χ0v) is 26.4. The lowest BCUT2D eigenvalue weighted by Crippen LogP contribution is -2.53. The van der Waals surface area contributed by atoms with Gasteiger partial charge in [0.05, 0.1) is 35.4 Å². The normalized spacial score (nSPS) is 27.9. The summed E-state index contributed by atoms with van der Waals surface area (Å²) in [5, 5.41) is 11.7. The Balaban J connectivity index is 1.34. The molecule has 0 aromatic heterocycles. The smallest absolute Gasteiger partial charge is 0.246 e. The number of rotatable bonds is 5. The number of likely N-dealkylation sites (tertiary alicyclic amines) is 1. The van der Waals surface area contributed by atoms with Crippen LogP contribution in [0.15, 0.2) is 115 Å². The van der Waals surface area contributed by atoms with Crippen molar-refractivity contribution < 1.29 is 28.7 Å². The minimum Gasteiger partial charge on any atom is -0.505 e. The number of para-hydroxylation sites is 1. The number of carbonyl (C=O) groups is 4. The average Bonchev–Trinajstić information content (AvgIpc) is 3.47. The number of anilines is 1. The molecule has 48 heavy (non-hydrogen) atoms. The minimum atomic E-state index is -1.60. The number of carbonyl (C=O) groups excluding carboxylic acids is 4. The maximum absolute atomic E-state index is 15.2. The lowest BCUT2D eigenvalue weighted by atomic mass is 9.49. The zero-order chi connectivity index (χ0) is 33.3. The standard InChI is InChI=1S/C39H30ClFN2O5/c40-24-13-7-14-25(19-24)43-36(46)30-20-29-26(17-18-27-32(29)37(47)42(35(27)45)21-22-9-3-1-4-10-22)33(28-15-8-16-31(41)34(28)44)39(30,38(43)48)23-11-5-2-6-12-23/h1-17,19,27,29-30,32-33,44H,18,20-21H2. The summed E-state index contributed by atoms with van der Waals surface area (Å²) in [4.78, 5) is 60.4. The largest absolute Gasteiger partial charge is 0.505 e. The van der Waals surface area contributed by atoms with Gasteiger partial charge < -0.3 is 5.11 Å². The molecular formula is C39H30ClFN2O5. The number of phenolic OH excluding ortho intramolecular Hbond substituents is 1. The fraction of sp³-hybridized carbons (Fsp3) is 0.231. The van der Waals surface area contributed by atoms with Crippen molar-refractivity contribution in [1.29, 1.82) is 0 Å². The molecule has 4 aromatic carbocycles. The number of imide groups is 2. The Morgan fingerprint density at radius 1 is 0.812 bits per heavy atom. The van der Waals surface area contributed by atoms with Crippen LogP contribution in [0.1, 0.15) is 35.4 Å². The van der Waals surface area contributed by atoms with Gasteiger partial charge in [0, 0.05) is 16.5 Å². The van der Waals surface area contributed by atoms with Crippen molar-refractivity contribution in [3.8, 4) is 5.75 Å². The van der Waals surface area contributed by atoms with E-state index in [4.69, 9.17) is 11.6 Å². The summed E-state index contributed by atoms with van der Waals surface area (Å²) in [6.07, 6.45) is 2.22. The van der Waals surface area contributed by atoms with E-state index in [-0.39, 0.29) is 36.8 Å². The molecule has 9 heteroatoms. The van der Waals surface area contributed by atoms with Gasteiger partial charge in [-0.2, -0.15) is 0 Å². The highest BCUT2D eigenvalue weighted by Gasteiger charge is 2.70. The maximum Gasteiger partial charge on any atom is 0.246 e. The first kappa shape index (κ1) is 30.3.